The molecule has 0 aliphatic rings. The molecule has 0 radical (unpaired) electrons. The summed E-state index contributed by atoms with van der Waals surface area (Å²) in [6.45, 7) is 0. The van der Waals surface area contributed by atoms with Gasteiger partial charge in [-0.2, -0.15) is 0 Å². The SMILES string of the molecule is O=[N+]([O-])c1cccc2c(CCl)nccc12. The van der Waals surface area contributed by atoms with Gasteiger partial charge in [-0.05, 0) is 6.07 Å². The molecule has 76 valence electrons. The zero-order valence-electron chi connectivity index (χ0n) is 7.68. The zero-order valence-corrected chi connectivity index (χ0v) is 8.44. The number of fused-ring (bicyclic) bond motifs is 1. The predicted octanol–water partition coefficient (Wildman–Crippen LogP) is 2.88. The maximum Gasteiger partial charge on any atom is 0.277 e. The summed E-state index contributed by atoms with van der Waals surface area (Å²) in [5.74, 6) is 0.249. The highest BCUT2D eigenvalue weighted by atomic mass is 35.5. The number of halogens is 1. The second kappa shape index (κ2) is 3.82. The number of non-ortho nitro benzene ring substituents is 1. The Kier molecular flexibility index (Phi) is 2.51. The number of hydrogen-bond donors (Lipinski definition) is 0. The van der Waals surface area contributed by atoms with Gasteiger partial charge >= 0.3 is 0 Å². The fraction of sp³-hybridized carbons (Fsp3) is 0.100. The molecule has 0 amide bonds. The molecule has 4 nitrogen and oxygen atoms in total. The molecule has 2 aromatic rings. The summed E-state index contributed by atoms with van der Waals surface area (Å²) in [6.07, 6.45) is 1.53. The molecule has 0 saturated carbocycles. The van der Waals surface area contributed by atoms with Gasteiger partial charge in [0.15, 0.2) is 0 Å². The van der Waals surface area contributed by atoms with Gasteiger partial charge in [-0.1, -0.05) is 12.1 Å². The third kappa shape index (κ3) is 1.64. The molecule has 1 aromatic carbocycles. The van der Waals surface area contributed by atoms with E-state index in [-0.39, 0.29) is 11.6 Å². The van der Waals surface area contributed by atoms with Crippen LogP contribution in [0.15, 0.2) is 30.5 Å². The minimum atomic E-state index is -0.402. The molecule has 5 heteroatoms. The number of nitro benzene ring substituents is 1. The van der Waals surface area contributed by atoms with Gasteiger partial charge in [0.1, 0.15) is 0 Å². The van der Waals surface area contributed by atoms with Gasteiger partial charge < -0.3 is 0 Å². The molecule has 0 aliphatic heterocycles. The smallest absolute Gasteiger partial charge is 0.259 e. The highest BCUT2D eigenvalue weighted by Crippen LogP contribution is 2.26. The van der Waals surface area contributed by atoms with Gasteiger partial charge in [0, 0.05) is 17.6 Å². The summed E-state index contributed by atoms with van der Waals surface area (Å²) in [7, 11) is 0. The molecule has 15 heavy (non-hydrogen) atoms. The van der Waals surface area contributed by atoms with E-state index < -0.39 is 4.92 Å². The maximum absolute atomic E-state index is 10.8. The maximum atomic E-state index is 10.8. The fourth-order valence-electron chi connectivity index (χ4n) is 1.52. The van der Waals surface area contributed by atoms with E-state index in [1.165, 1.54) is 12.3 Å². The summed E-state index contributed by atoms with van der Waals surface area (Å²) >= 11 is 5.71. The van der Waals surface area contributed by atoms with Crippen LogP contribution in [0.5, 0.6) is 0 Å². The van der Waals surface area contributed by atoms with Crippen molar-refractivity contribution in [3.8, 4) is 0 Å². The molecular formula is C10H7ClN2O2. The second-order valence-electron chi connectivity index (χ2n) is 3.02. The van der Waals surface area contributed by atoms with Crippen LogP contribution >= 0.6 is 11.6 Å². The van der Waals surface area contributed by atoms with E-state index in [1.54, 1.807) is 18.2 Å². The summed E-state index contributed by atoms with van der Waals surface area (Å²) in [5, 5.41) is 12.1. The van der Waals surface area contributed by atoms with E-state index >= 15 is 0 Å². The molecule has 2 rings (SSSR count). The number of alkyl halides is 1. The number of nitro groups is 1. The van der Waals surface area contributed by atoms with Crippen molar-refractivity contribution in [1.82, 2.24) is 4.98 Å². The van der Waals surface area contributed by atoms with Crippen LogP contribution in [0.2, 0.25) is 0 Å². The van der Waals surface area contributed by atoms with Crippen molar-refractivity contribution in [1.29, 1.82) is 0 Å². The van der Waals surface area contributed by atoms with Crippen LogP contribution in [0, 0.1) is 10.1 Å². The molecule has 0 atom stereocenters. The van der Waals surface area contributed by atoms with Crippen molar-refractivity contribution in [3.63, 3.8) is 0 Å². The Morgan fingerprint density at radius 2 is 2.13 bits per heavy atom. The van der Waals surface area contributed by atoms with E-state index in [2.05, 4.69) is 4.98 Å². The molecule has 0 spiro atoms. The topological polar surface area (TPSA) is 56.0 Å². The normalized spacial score (nSPS) is 10.5. The van der Waals surface area contributed by atoms with Gasteiger partial charge in [-0.25, -0.2) is 0 Å². The van der Waals surface area contributed by atoms with Gasteiger partial charge in [0.2, 0.25) is 0 Å². The summed E-state index contributed by atoms with van der Waals surface area (Å²) in [6, 6.07) is 6.52. The molecule has 0 aliphatic carbocycles. The van der Waals surface area contributed by atoms with Gasteiger partial charge in [0.05, 0.1) is 21.9 Å². The molecule has 0 unspecified atom stereocenters. The predicted molar refractivity (Wildman–Crippen MR) is 58.0 cm³/mol. The Morgan fingerprint density at radius 1 is 1.33 bits per heavy atom. The van der Waals surface area contributed by atoms with Crippen LogP contribution in [0.3, 0.4) is 0 Å². The lowest BCUT2D eigenvalue weighted by atomic mass is 10.1. The third-order valence-electron chi connectivity index (χ3n) is 2.19. The molecule has 0 saturated heterocycles. The standard InChI is InChI=1S/C10H7ClN2O2/c11-6-9-7-2-1-3-10(13(14)15)8(7)4-5-12-9/h1-5H,6H2. The van der Waals surface area contributed by atoms with Crippen molar-refractivity contribution in [2.24, 2.45) is 0 Å². The lowest BCUT2D eigenvalue weighted by Crippen LogP contribution is -1.92. The van der Waals surface area contributed by atoms with Crippen molar-refractivity contribution in [2.75, 3.05) is 0 Å². The Balaban J connectivity index is 2.82. The van der Waals surface area contributed by atoms with Crippen LogP contribution in [0.1, 0.15) is 5.69 Å². The van der Waals surface area contributed by atoms with Crippen molar-refractivity contribution < 1.29 is 4.92 Å². The van der Waals surface area contributed by atoms with Crippen LogP contribution in [0.25, 0.3) is 10.8 Å². The van der Waals surface area contributed by atoms with Gasteiger partial charge in [-0.3, -0.25) is 15.1 Å². The quantitative estimate of drug-likeness (QED) is 0.446. The Labute approximate surface area is 90.7 Å². The molecule has 0 N–H and O–H groups in total. The van der Waals surface area contributed by atoms with Crippen LogP contribution in [-0.4, -0.2) is 9.91 Å². The molecule has 0 fully saturated rings. The van der Waals surface area contributed by atoms with Crippen LogP contribution in [-0.2, 0) is 5.88 Å². The number of rotatable bonds is 2. The minimum Gasteiger partial charge on any atom is -0.259 e. The first-order chi connectivity index (χ1) is 7.24. The Morgan fingerprint density at radius 3 is 2.80 bits per heavy atom. The molecule has 1 aromatic heterocycles. The summed E-state index contributed by atoms with van der Waals surface area (Å²) in [5.41, 5.74) is 0.749. The van der Waals surface area contributed by atoms with E-state index in [9.17, 15) is 10.1 Å². The third-order valence-corrected chi connectivity index (χ3v) is 2.44. The van der Waals surface area contributed by atoms with Crippen LogP contribution < -0.4 is 0 Å². The number of aromatic nitrogens is 1. The first-order valence-corrected chi connectivity index (χ1v) is 4.84. The van der Waals surface area contributed by atoms with Gasteiger partial charge in [0.25, 0.3) is 5.69 Å². The lowest BCUT2D eigenvalue weighted by molar-refractivity contribution is -0.383. The first-order valence-electron chi connectivity index (χ1n) is 4.31. The average molecular weight is 223 g/mol. The van der Waals surface area contributed by atoms with E-state index in [1.807, 2.05) is 0 Å². The fourth-order valence-corrected chi connectivity index (χ4v) is 1.73. The largest absolute Gasteiger partial charge is 0.277 e. The second-order valence-corrected chi connectivity index (χ2v) is 3.29. The summed E-state index contributed by atoms with van der Waals surface area (Å²) in [4.78, 5) is 14.4. The number of benzene rings is 1. The van der Waals surface area contributed by atoms with E-state index in [0.29, 0.717) is 11.1 Å². The Bertz CT molecular complexity index is 528. The molecular weight excluding hydrogens is 216 g/mol. The summed E-state index contributed by atoms with van der Waals surface area (Å²) < 4.78 is 0. The molecule has 1 heterocycles. The highest BCUT2D eigenvalue weighted by molar-refractivity contribution is 6.17. The average Bonchev–Trinajstić information content (AvgIpc) is 2.27. The van der Waals surface area contributed by atoms with Crippen LogP contribution in [0.4, 0.5) is 5.69 Å². The number of hydrogen-bond acceptors (Lipinski definition) is 3. The zero-order chi connectivity index (χ0) is 10.8. The van der Waals surface area contributed by atoms with E-state index in [4.69, 9.17) is 11.6 Å². The monoisotopic (exact) mass is 222 g/mol. The Hall–Kier alpha value is -1.68. The highest BCUT2D eigenvalue weighted by Gasteiger charge is 2.12. The number of pyridine rings is 1. The van der Waals surface area contributed by atoms with E-state index in [0.717, 1.165) is 5.39 Å². The van der Waals surface area contributed by atoms with Crippen molar-refractivity contribution >= 4 is 28.1 Å². The minimum absolute atomic E-state index is 0.0845. The lowest BCUT2D eigenvalue weighted by Gasteiger charge is -2.02. The van der Waals surface area contributed by atoms with Crippen molar-refractivity contribution in [2.45, 2.75) is 5.88 Å². The first kappa shape index (κ1) is 9.86. The van der Waals surface area contributed by atoms with Gasteiger partial charge in [-0.15, -0.1) is 11.6 Å². The van der Waals surface area contributed by atoms with Crippen molar-refractivity contribution in [3.05, 3.63) is 46.3 Å². The molecule has 0 bridgehead atoms. The number of nitrogens with zero attached hydrogens (tertiary/aromatic N) is 2.